The summed E-state index contributed by atoms with van der Waals surface area (Å²) in [6, 6.07) is 8.08. The molecule has 0 aliphatic heterocycles. The summed E-state index contributed by atoms with van der Waals surface area (Å²) >= 11 is 0. The Morgan fingerprint density at radius 1 is 1.35 bits per heavy atom. The summed E-state index contributed by atoms with van der Waals surface area (Å²) in [5.41, 5.74) is 6.76. The van der Waals surface area contributed by atoms with Crippen molar-refractivity contribution in [2.75, 3.05) is 13.7 Å². The lowest BCUT2D eigenvalue weighted by Gasteiger charge is -2.16. The quantitative estimate of drug-likeness (QED) is 0.729. The zero-order valence-corrected chi connectivity index (χ0v) is 12.3. The molecule has 2 unspecified atom stereocenters. The summed E-state index contributed by atoms with van der Waals surface area (Å²) in [5, 5.41) is 8.98. The lowest BCUT2D eigenvalue weighted by molar-refractivity contribution is -0.141. The van der Waals surface area contributed by atoms with Gasteiger partial charge >= 0.3 is 5.97 Å². The fourth-order valence-corrected chi connectivity index (χ4v) is 2.35. The highest BCUT2D eigenvalue weighted by Gasteiger charge is 2.18. The normalized spacial score (nSPS) is 13.8. The van der Waals surface area contributed by atoms with Crippen molar-refractivity contribution < 1.29 is 14.6 Å². The summed E-state index contributed by atoms with van der Waals surface area (Å²) in [6.07, 6.45) is 3.75. The van der Waals surface area contributed by atoms with Crippen LogP contribution in [0.25, 0.3) is 0 Å². The molecule has 3 N–H and O–H groups in total. The van der Waals surface area contributed by atoms with Crippen molar-refractivity contribution in [2.45, 2.75) is 32.6 Å². The van der Waals surface area contributed by atoms with Crippen LogP contribution in [-0.2, 0) is 11.2 Å². The first-order chi connectivity index (χ1) is 9.56. The number of carboxylic acid groups (broad SMARTS) is 1. The largest absolute Gasteiger partial charge is 0.497 e. The van der Waals surface area contributed by atoms with Gasteiger partial charge in [-0.3, -0.25) is 4.79 Å². The second kappa shape index (κ2) is 8.59. The maximum atomic E-state index is 10.9. The maximum absolute atomic E-state index is 10.9. The monoisotopic (exact) mass is 279 g/mol. The average Bonchev–Trinajstić information content (AvgIpc) is 2.45. The summed E-state index contributed by atoms with van der Waals surface area (Å²) < 4.78 is 5.12. The van der Waals surface area contributed by atoms with Crippen molar-refractivity contribution in [3.05, 3.63) is 29.8 Å². The molecule has 0 saturated heterocycles. The third kappa shape index (κ3) is 5.61. The molecule has 4 heteroatoms. The minimum Gasteiger partial charge on any atom is -0.497 e. The summed E-state index contributed by atoms with van der Waals surface area (Å²) in [6.45, 7) is 2.32. The molecule has 1 rings (SSSR count). The number of benzene rings is 1. The van der Waals surface area contributed by atoms with Gasteiger partial charge in [0.25, 0.3) is 0 Å². The zero-order valence-electron chi connectivity index (χ0n) is 12.3. The molecule has 0 radical (unpaired) electrons. The van der Waals surface area contributed by atoms with Crippen molar-refractivity contribution >= 4 is 5.97 Å². The van der Waals surface area contributed by atoms with Gasteiger partial charge < -0.3 is 15.6 Å². The van der Waals surface area contributed by atoms with E-state index in [1.165, 1.54) is 5.56 Å². The molecule has 0 bridgehead atoms. The Labute approximate surface area is 120 Å². The number of aliphatic carboxylic acids is 1. The Balaban J connectivity index is 2.30. The van der Waals surface area contributed by atoms with Gasteiger partial charge in [0.05, 0.1) is 13.0 Å². The van der Waals surface area contributed by atoms with Gasteiger partial charge in [-0.05, 0) is 42.9 Å². The zero-order chi connectivity index (χ0) is 15.0. The predicted molar refractivity (Wildman–Crippen MR) is 79.9 cm³/mol. The highest BCUT2D eigenvalue weighted by Crippen LogP contribution is 2.19. The van der Waals surface area contributed by atoms with Gasteiger partial charge in [-0.2, -0.15) is 0 Å². The molecule has 0 saturated carbocycles. The van der Waals surface area contributed by atoms with Gasteiger partial charge in [-0.15, -0.1) is 0 Å². The molecule has 1 aromatic carbocycles. The number of methoxy groups -OCH3 is 1. The van der Waals surface area contributed by atoms with Crippen molar-refractivity contribution in [3.8, 4) is 5.75 Å². The number of ether oxygens (including phenoxy) is 1. The molecule has 112 valence electrons. The Bertz CT molecular complexity index is 403. The van der Waals surface area contributed by atoms with E-state index in [1.54, 1.807) is 7.11 Å². The van der Waals surface area contributed by atoms with E-state index < -0.39 is 11.9 Å². The lowest BCUT2D eigenvalue weighted by atomic mass is 9.91. The average molecular weight is 279 g/mol. The van der Waals surface area contributed by atoms with Crippen LogP contribution in [-0.4, -0.2) is 24.7 Å². The van der Waals surface area contributed by atoms with Crippen molar-refractivity contribution in [1.82, 2.24) is 0 Å². The Morgan fingerprint density at radius 2 is 2.00 bits per heavy atom. The number of nitrogens with two attached hydrogens (primary N) is 1. The molecule has 1 aromatic rings. The lowest BCUT2D eigenvalue weighted by Crippen LogP contribution is -2.25. The van der Waals surface area contributed by atoms with Gasteiger partial charge in [-0.25, -0.2) is 0 Å². The van der Waals surface area contributed by atoms with Crippen LogP contribution in [0.15, 0.2) is 24.3 Å². The van der Waals surface area contributed by atoms with Crippen molar-refractivity contribution in [1.29, 1.82) is 0 Å². The van der Waals surface area contributed by atoms with Gasteiger partial charge in [0.2, 0.25) is 0 Å². The maximum Gasteiger partial charge on any atom is 0.307 e. The molecular weight excluding hydrogens is 254 g/mol. The molecule has 0 aromatic heterocycles. The van der Waals surface area contributed by atoms with Crippen LogP contribution in [0.2, 0.25) is 0 Å². The third-order valence-electron chi connectivity index (χ3n) is 3.64. The molecule has 4 nitrogen and oxygen atoms in total. The van der Waals surface area contributed by atoms with E-state index >= 15 is 0 Å². The minimum absolute atomic E-state index is 0.220. The number of carbonyl (C=O) groups is 1. The van der Waals surface area contributed by atoms with E-state index in [2.05, 4.69) is 19.1 Å². The van der Waals surface area contributed by atoms with Crippen LogP contribution in [0.3, 0.4) is 0 Å². The molecule has 0 aliphatic rings. The smallest absolute Gasteiger partial charge is 0.307 e. The van der Waals surface area contributed by atoms with Crippen LogP contribution >= 0.6 is 0 Å². The number of hydrogen-bond acceptors (Lipinski definition) is 3. The van der Waals surface area contributed by atoms with E-state index in [-0.39, 0.29) is 6.54 Å². The van der Waals surface area contributed by atoms with E-state index in [4.69, 9.17) is 15.6 Å². The fraction of sp³-hybridized carbons (Fsp3) is 0.562. The van der Waals surface area contributed by atoms with Crippen LogP contribution in [0.4, 0.5) is 0 Å². The highest BCUT2D eigenvalue weighted by atomic mass is 16.5. The molecule has 20 heavy (non-hydrogen) atoms. The first kappa shape index (κ1) is 16.5. The second-order valence-electron chi connectivity index (χ2n) is 5.35. The number of rotatable bonds is 9. The van der Waals surface area contributed by atoms with Gasteiger partial charge in [0.15, 0.2) is 0 Å². The van der Waals surface area contributed by atoms with Crippen LogP contribution in [0, 0.1) is 11.8 Å². The predicted octanol–water partition coefficient (Wildman–Crippen LogP) is 2.70. The van der Waals surface area contributed by atoms with Crippen LogP contribution < -0.4 is 10.5 Å². The minimum atomic E-state index is -0.783. The first-order valence-corrected chi connectivity index (χ1v) is 7.12. The Morgan fingerprint density at radius 3 is 2.50 bits per heavy atom. The van der Waals surface area contributed by atoms with Crippen LogP contribution in [0.5, 0.6) is 5.75 Å². The molecular formula is C16H25NO3. The summed E-state index contributed by atoms with van der Waals surface area (Å²) in [5.74, 6) is 0.0627. The fourth-order valence-electron chi connectivity index (χ4n) is 2.35. The van der Waals surface area contributed by atoms with Crippen LogP contribution in [0.1, 0.15) is 31.7 Å². The van der Waals surface area contributed by atoms with Crippen molar-refractivity contribution in [3.63, 3.8) is 0 Å². The highest BCUT2D eigenvalue weighted by molar-refractivity contribution is 5.70. The van der Waals surface area contributed by atoms with E-state index in [0.29, 0.717) is 12.3 Å². The first-order valence-electron chi connectivity index (χ1n) is 7.12. The van der Waals surface area contributed by atoms with Gasteiger partial charge in [0, 0.05) is 6.54 Å². The van der Waals surface area contributed by atoms with E-state index in [9.17, 15) is 4.79 Å². The topological polar surface area (TPSA) is 72.5 Å². The second-order valence-corrected chi connectivity index (χ2v) is 5.35. The number of hydrogen-bond donors (Lipinski definition) is 2. The molecule has 0 heterocycles. The summed E-state index contributed by atoms with van der Waals surface area (Å²) in [7, 11) is 1.66. The van der Waals surface area contributed by atoms with Gasteiger partial charge in [0.1, 0.15) is 5.75 Å². The molecule has 0 spiro atoms. The number of carboxylic acids is 1. The Hall–Kier alpha value is -1.55. The number of aryl methyl sites for hydroxylation is 1. The third-order valence-corrected chi connectivity index (χ3v) is 3.64. The van der Waals surface area contributed by atoms with E-state index in [0.717, 1.165) is 25.0 Å². The molecule has 2 atom stereocenters. The van der Waals surface area contributed by atoms with Crippen molar-refractivity contribution in [2.24, 2.45) is 17.6 Å². The molecule has 0 aliphatic carbocycles. The SMILES string of the molecule is COc1ccc(CCCC(C)CC(CN)C(=O)O)cc1. The van der Waals surface area contributed by atoms with Gasteiger partial charge in [-0.1, -0.05) is 25.5 Å². The Kier molecular flexibility index (Phi) is 7.09. The molecule has 0 amide bonds. The molecule has 0 fully saturated rings. The van der Waals surface area contributed by atoms with E-state index in [1.807, 2.05) is 12.1 Å². The standard InChI is InChI=1S/C16H25NO3/c1-12(10-14(11-17)16(18)19)4-3-5-13-6-8-15(20-2)9-7-13/h6-9,12,14H,3-5,10-11,17H2,1-2H3,(H,18,19). The summed E-state index contributed by atoms with van der Waals surface area (Å²) in [4.78, 5) is 10.9.